The molecule has 166 valence electrons. The highest BCUT2D eigenvalue weighted by Gasteiger charge is 2.42. The van der Waals surface area contributed by atoms with E-state index in [0.29, 0.717) is 21.9 Å². The van der Waals surface area contributed by atoms with Gasteiger partial charge in [0.2, 0.25) is 5.91 Å². The van der Waals surface area contributed by atoms with Crippen LogP contribution in [-0.2, 0) is 20.7 Å². The lowest BCUT2D eigenvalue weighted by atomic mass is 9.96. The smallest absolute Gasteiger partial charge is 0.338 e. The minimum Gasteiger partial charge on any atom is -0.456 e. The number of aryl methyl sites for hydroxylation is 1. The Balaban J connectivity index is 1.43. The number of hydrogen-bond donors (Lipinski definition) is 2. The van der Waals surface area contributed by atoms with E-state index in [4.69, 9.17) is 16.3 Å². The van der Waals surface area contributed by atoms with Gasteiger partial charge >= 0.3 is 12.0 Å². The van der Waals surface area contributed by atoms with E-state index in [1.807, 2.05) is 25.1 Å². The van der Waals surface area contributed by atoms with Gasteiger partial charge in [-0.05, 0) is 43.0 Å². The summed E-state index contributed by atoms with van der Waals surface area (Å²) in [7, 11) is 0. The van der Waals surface area contributed by atoms with E-state index in [1.165, 1.54) is 10.5 Å². The van der Waals surface area contributed by atoms with Crippen LogP contribution in [0.4, 0.5) is 4.79 Å². The van der Waals surface area contributed by atoms with Gasteiger partial charge in [-0.25, -0.2) is 9.59 Å². The zero-order valence-electron chi connectivity index (χ0n) is 17.6. The molecule has 2 atom stereocenters. The summed E-state index contributed by atoms with van der Waals surface area (Å²) in [6.07, 6.45) is 1.61. The predicted octanol–water partition coefficient (Wildman–Crippen LogP) is 3.35. The van der Waals surface area contributed by atoms with Crippen molar-refractivity contribution >= 4 is 29.5 Å². The van der Waals surface area contributed by atoms with E-state index in [0.717, 1.165) is 12.8 Å². The first-order chi connectivity index (χ1) is 15.4. The van der Waals surface area contributed by atoms with Crippen molar-refractivity contribution < 1.29 is 19.1 Å². The minimum atomic E-state index is -0.645. The standard InChI is InChI=1S/C24H24ClN3O4/c1-15(7-8-16-5-3-2-4-6-16)26-20(29)13-28-19-14-32-23(30)21(19)22(27-24(28)31)17-9-11-18(25)12-10-17/h2-6,9-12,15,22H,7-8,13-14H2,1H3,(H,26,29)(H,27,31)/t15-,22+/m1/s1. The average molecular weight is 454 g/mol. The molecule has 2 aliphatic rings. The molecule has 32 heavy (non-hydrogen) atoms. The second-order valence-electron chi connectivity index (χ2n) is 7.95. The minimum absolute atomic E-state index is 0.0392. The predicted molar refractivity (Wildman–Crippen MR) is 120 cm³/mol. The quantitative estimate of drug-likeness (QED) is 0.629. The number of cyclic esters (lactones) is 1. The molecule has 2 aliphatic heterocycles. The monoisotopic (exact) mass is 453 g/mol. The number of hydrogen-bond acceptors (Lipinski definition) is 4. The van der Waals surface area contributed by atoms with Gasteiger partial charge in [0, 0.05) is 11.1 Å². The summed E-state index contributed by atoms with van der Waals surface area (Å²) in [6, 6.07) is 15.8. The lowest BCUT2D eigenvalue weighted by Gasteiger charge is -2.32. The highest BCUT2D eigenvalue weighted by Crippen LogP contribution is 2.35. The molecule has 7 nitrogen and oxygen atoms in total. The van der Waals surface area contributed by atoms with E-state index < -0.39 is 18.0 Å². The molecule has 2 heterocycles. The number of carbonyl (C=O) groups is 3. The molecule has 8 heteroatoms. The lowest BCUT2D eigenvalue weighted by molar-refractivity contribution is -0.136. The number of nitrogens with one attached hydrogen (secondary N) is 2. The van der Waals surface area contributed by atoms with Crippen LogP contribution in [0, 0.1) is 0 Å². The summed E-state index contributed by atoms with van der Waals surface area (Å²) < 4.78 is 5.20. The molecule has 0 radical (unpaired) electrons. The number of amides is 3. The molecule has 3 amide bonds. The van der Waals surface area contributed by atoms with Gasteiger partial charge in [-0.2, -0.15) is 0 Å². The van der Waals surface area contributed by atoms with Crippen LogP contribution in [0.1, 0.15) is 30.5 Å². The van der Waals surface area contributed by atoms with Crippen molar-refractivity contribution in [3.05, 3.63) is 82.0 Å². The third-order valence-corrected chi connectivity index (χ3v) is 5.87. The van der Waals surface area contributed by atoms with E-state index in [2.05, 4.69) is 22.8 Å². The summed E-state index contributed by atoms with van der Waals surface area (Å²) in [6.45, 7) is 1.70. The fourth-order valence-corrected chi connectivity index (χ4v) is 4.07. The molecule has 0 unspecified atom stereocenters. The van der Waals surface area contributed by atoms with E-state index in [-0.39, 0.29) is 25.1 Å². The Morgan fingerprint density at radius 3 is 2.62 bits per heavy atom. The van der Waals surface area contributed by atoms with Crippen LogP contribution in [0.3, 0.4) is 0 Å². The third kappa shape index (κ3) is 4.78. The fourth-order valence-electron chi connectivity index (χ4n) is 3.95. The number of urea groups is 1. The first kappa shape index (κ1) is 21.9. The molecule has 2 aromatic rings. The Morgan fingerprint density at radius 1 is 1.19 bits per heavy atom. The summed E-state index contributed by atoms with van der Waals surface area (Å²) in [4.78, 5) is 39.2. The van der Waals surface area contributed by atoms with Crippen molar-refractivity contribution in [1.29, 1.82) is 0 Å². The molecule has 4 rings (SSSR count). The molecule has 0 aromatic heterocycles. The molecule has 2 aromatic carbocycles. The summed E-state index contributed by atoms with van der Waals surface area (Å²) in [5, 5.41) is 6.30. The van der Waals surface area contributed by atoms with Crippen LogP contribution in [-0.4, -0.2) is 42.0 Å². The zero-order chi connectivity index (χ0) is 22.7. The number of nitrogens with zero attached hydrogens (tertiary/aromatic N) is 1. The number of benzene rings is 2. The summed E-state index contributed by atoms with van der Waals surface area (Å²) in [5.41, 5.74) is 2.68. The van der Waals surface area contributed by atoms with E-state index in [9.17, 15) is 14.4 Å². The Morgan fingerprint density at radius 2 is 1.91 bits per heavy atom. The molecule has 0 fully saturated rings. The van der Waals surface area contributed by atoms with Gasteiger partial charge in [0.15, 0.2) is 0 Å². The zero-order valence-corrected chi connectivity index (χ0v) is 18.4. The van der Waals surface area contributed by atoms with Crippen molar-refractivity contribution in [3.63, 3.8) is 0 Å². The molecule has 0 saturated heterocycles. The number of carbonyl (C=O) groups excluding carboxylic acids is 3. The Labute approximate surface area is 191 Å². The van der Waals surface area contributed by atoms with Gasteiger partial charge in [0.25, 0.3) is 0 Å². The first-order valence-electron chi connectivity index (χ1n) is 10.5. The van der Waals surface area contributed by atoms with Crippen LogP contribution < -0.4 is 10.6 Å². The second-order valence-corrected chi connectivity index (χ2v) is 8.39. The molecular weight excluding hydrogens is 430 g/mol. The van der Waals surface area contributed by atoms with Crippen LogP contribution in [0.25, 0.3) is 0 Å². The van der Waals surface area contributed by atoms with E-state index in [1.54, 1.807) is 24.3 Å². The van der Waals surface area contributed by atoms with Crippen molar-refractivity contribution in [2.24, 2.45) is 0 Å². The van der Waals surface area contributed by atoms with Gasteiger partial charge in [0.1, 0.15) is 13.2 Å². The lowest BCUT2D eigenvalue weighted by Crippen LogP contribution is -2.51. The largest absolute Gasteiger partial charge is 0.456 e. The topological polar surface area (TPSA) is 87.7 Å². The Hall–Kier alpha value is -3.32. The molecular formula is C24H24ClN3O4. The highest BCUT2D eigenvalue weighted by atomic mass is 35.5. The van der Waals surface area contributed by atoms with Crippen LogP contribution in [0.5, 0.6) is 0 Å². The van der Waals surface area contributed by atoms with Gasteiger partial charge in [-0.3, -0.25) is 9.69 Å². The van der Waals surface area contributed by atoms with Gasteiger partial charge < -0.3 is 15.4 Å². The Bertz CT molecular complexity index is 1050. The second kappa shape index (κ2) is 9.44. The van der Waals surface area contributed by atoms with Crippen molar-refractivity contribution in [2.45, 2.75) is 31.8 Å². The van der Waals surface area contributed by atoms with Crippen LogP contribution in [0.2, 0.25) is 5.02 Å². The number of ether oxygens (including phenoxy) is 1. The van der Waals surface area contributed by atoms with Crippen molar-refractivity contribution in [3.8, 4) is 0 Å². The normalized spacial score (nSPS) is 18.7. The summed E-state index contributed by atoms with van der Waals surface area (Å²) >= 11 is 5.95. The van der Waals surface area contributed by atoms with Gasteiger partial charge in [-0.1, -0.05) is 54.1 Å². The van der Waals surface area contributed by atoms with Gasteiger partial charge in [0.05, 0.1) is 17.3 Å². The maximum Gasteiger partial charge on any atom is 0.338 e. The van der Waals surface area contributed by atoms with Crippen molar-refractivity contribution in [2.75, 3.05) is 13.2 Å². The summed E-state index contributed by atoms with van der Waals surface area (Å²) in [5.74, 6) is -0.793. The molecule has 0 aliphatic carbocycles. The van der Waals surface area contributed by atoms with Gasteiger partial charge in [-0.15, -0.1) is 0 Å². The fraction of sp³-hybridized carbons (Fsp3) is 0.292. The number of rotatable bonds is 7. The highest BCUT2D eigenvalue weighted by molar-refractivity contribution is 6.30. The SMILES string of the molecule is C[C@H](CCc1ccccc1)NC(=O)CN1C(=O)N[C@@H](c2ccc(Cl)cc2)C2=C1COC2=O. The molecule has 0 bridgehead atoms. The van der Waals surface area contributed by atoms with Crippen LogP contribution in [0.15, 0.2) is 65.9 Å². The Kier molecular flexibility index (Phi) is 6.46. The third-order valence-electron chi connectivity index (χ3n) is 5.62. The molecule has 2 N–H and O–H groups in total. The first-order valence-corrected chi connectivity index (χ1v) is 10.9. The van der Waals surface area contributed by atoms with Crippen molar-refractivity contribution in [1.82, 2.24) is 15.5 Å². The molecule has 0 saturated carbocycles. The van der Waals surface area contributed by atoms with E-state index >= 15 is 0 Å². The maximum absolute atomic E-state index is 12.8. The number of esters is 1. The average Bonchev–Trinajstić information content (AvgIpc) is 3.17. The maximum atomic E-state index is 12.8. The van der Waals surface area contributed by atoms with Crippen LogP contribution >= 0.6 is 11.6 Å². The molecule has 0 spiro atoms. The number of halogens is 1.